The monoisotopic (exact) mass is 435 g/mol. The maximum Gasteiger partial charge on any atom is 0.325 e. The van der Waals surface area contributed by atoms with Crippen LogP contribution in [-0.2, 0) is 21.5 Å². The van der Waals surface area contributed by atoms with Gasteiger partial charge in [-0.3, -0.25) is 14.5 Å². The molecular weight excluding hydrogens is 410 g/mol. The molecule has 2 aromatic rings. The van der Waals surface area contributed by atoms with Crippen LogP contribution in [0.5, 0.6) is 0 Å². The van der Waals surface area contributed by atoms with E-state index in [9.17, 15) is 14.4 Å². The fourth-order valence-electron chi connectivity index (χ4n) is 4.92. The van der Waals surface area contributed by atoms with E-state index in [1.54, 1.807) is 16.7 Å². The highest BCUT2D eigenvalue weighted by molar-refractivity contribution is 8.00. The Labute approximate surface area is 186 Å². The molecule has 2 aromatic carbocycles. The second-order valence-corrected chi connectivity index (χ2v) is 9.95. The van der Waals surface area contributed by atoms with E-state index in [4.69, 9.17) is 0 Å². The van der Waals surface area contributed by atoms with Gasteiger partial charge in [0.15, 0.2) is 0 Å². The van der Waals surface area contributed by atoms with Crippen molar-refractivity contribution in [3.05, 3.63) is 59.7 Å². The molecule has 0 saturated carbocycles. The molecule has 2 heterocycles. The average molecular weight is 436 g/mol. The molecule has 1 spiro atoms. The Morgan fingerprint density at radius 1 is 1.16 bits per heavy atom. The molecule has 1 saturated heterocycles. The van der Waals surface area contributed by atoms with Gasteiger partial charge in [-0.25, -0.2) is 4.79 Å². The minimum absolute atomic E-state index is 0.230. The molecule has 3 aliphatic rings. The smallest absolute Gasteiger partial charge is 0.319 e. The molecule has 5 rings (SSSR count). The second kappa shape index (κ2) is 7.71. The first kappa shape index (κ1) is 20.1. The Hall–Kier alpha value is -2.80. The number of carbonyl (C=O) groups excluding carboxylic acids is 3. The van der Waals surface area contributed by atoms with Crippen LogP contribution in [0.25, 0.3) is 0 Å². The molecule has 1 fully saturated rings. The van der Waals surface area contributed by atoms with E-state index >= 15 is 0 Å². The largest absolute Gasteiger partial charge is 0.325 e. The summed E-state index contributed by atoms with van der Waals surface area (Å²) in [5.41, 5.74) is 1.75. The van der Waals surface area contributed by atoms with Crippen molar-refractivity contribution >= 4 is 35.3 Å². The Kier molecular flexibility index (Phi) is 5.01. The summed E-state index contributed by atoms with van der Waals surface area (Å²) in [6.07, 6.45) is 3.11. The quantitative estimate of drug-likeness (QED) is 0.731. The third-order valence-electron chi connectivity index (χ3n) is 6.49. The van der Waals surface area contributed by atoms with Crippen molar-refractivity contribution in [2.24, 2.45) is 0 Å². The zero-order chi connectivity index (χ0) is 21.6. The van der Waals surface area contributed by atoms with Crippen LogP contribution in [0.3, 0.4) is 0 Å². The predicted octanol–water partition coefficient (Wildman–Crippen LogP) is 3.69. The summed E-state index contributed by atoms with van der Waals surface area (Å²) in [6, 6.07) is 15.1. The lowest BCUT2D eigenvalue weighted by atomic mass is 9.76. The van der Waals surface area contributed by atoms with E-state index < -0.39 is 11.6 Å². The summed E-state index contributed by atoms with van der Waals surface area (Å²) in [5.74, 6) is -0.546. The van der Waals surface area contributed by atoms with Crippen LogP contribution in [0.15, 0.2) is 53.4 Å². The van der Waals surface area contributed by atoms with Crippen molar-refractivity contribution in [2.75, 3.05) is 18.0 Å². The highest BCUT2D eigenvalue weighted by Crippen LogP contribution is 2.40. The van der Waals surface area contributed by atoms with Crippen molar-refractivity contribution in [1.29, 1.82) is 0 Å². The molecule has 1 N–H and O–H groups in total. The van der Waals surface area contributed by atoms with Crippen LogP contribution < -0.4 is 10.2 Å². The number of nitrogens with one attached hydrogen (secondary N) is 1. The maximum absolute atomic E-state index is 13.5. The number of para-hydroxylation sites is 1. The molecule has 2 aliphatic heterocycles. The molecule has 0 unspecified atom stereocenters. The van der Waals surface area contributed by atoms with Crippen LogP contribution in [0, 0.1) is 0 Å². The van der Waals surface area contributed by atoms with Gasteiger partial charge in [0.1, 0.15) is 12.1 Å². The summed E-state index contributed by atoms with van der Waals surface area (Å²) in [5, 5.41) is 3.32. The summed E-state index contributed by atoms with van der Waals surface area (Å²) in [6.45, 7) is 2.47. The number of aryl methyl sites for hydroxylation is 1. The van der Waals surface area contributed by atoms with Gasteiger partial charge < -0.3 is 10.2 Å². The van der Waals surface area contributed by atoms with Crippen molar-refractivity contribution in [3.63, 3.8) is 0 Å². The fourth-order valence-corrected chi connectivity index (χ4v) is 6.03. The lowest BCUT2D eigenvalue weighted by molar-refractivity contribution is -0.135. The van der Waals surface area contributed by atoms with Crippen molar-refractivity contribution in [2.45, 2.75) is 48.3 Å². The molecule has 6 nitrogen and oxygen atoms in total. The van der Waals surface area contributed by atoms with E-state index in [2.05, 4.69) is 12.2 Å². The number of fused-ring (bicyclic) bond motifs is 3. The van der Waals surface area contributed by atoms with E-state index in [0.717, 1.165) is 45.9 Å². The van der Waals surface area contributed by atoms with Crippen LogP contribution in [0.4, 0.5) is 10.5 Å². The predicted molar refractivity (Wildman–Crippen MR) is 120 cm³/mol. The molecule has 31 heavy (non-hydrogen) atoms. The third kappa shape index (κ3) is 3.31. The Balaban J connectivity index is 1.42. The van der Waals surface area contributed by atoms with Gasteiger partial charge in [0.25, 0.3) is 5.91 Å². The minimum atomic E-state index is -1.05. The van der Waals surface area contributed by atoms with E-state index in [0.29, 0.717) is 18.2 Å². The molecular formula is C24H25N3O3S. The summed E-state index contributed by atoms with van der Waals surface area (Å²) >= 11 is 1.75. The number of hydrogen-bond donors (Lipinski definition) is 1. The number of imide groups is 1. The van der Waals surface area contributed by atoms with Crippen molar-refractivity contribution < 1.29 is 14.4 Å². The summed E-state index contributed by atoms with van der Waals surface area (Å²) in [4.78, 5) is 43.6. The van der Waals surface area contributed by atoms with Gasteiger partial charge >= 0.3 is 6.03 Å². The van der Waals surface area contributed by atoms with Crippen LogP contribution in [0.1, 0.15) is 37.3 Å². The molecule has 160 valence electrons. The van der Waals surface area contributed by atoms with Crippen molar-refractivity contribution in [1.82, 2.24) is 10.2 Å². The number of nitrogens with zero attached hydrogens (tertiary/aromatic N) is 2. The highest BCUT2D eigenvalue weighted by Gasteiger charge is 2.54. The first-order valence-electron chi connectivity index (χ1n) is 10.8. The number of rotatable bonds is 2. The number of amides is 4. The first-order chi connectivity index (χ1) is 15.0. The third-order valence-corrected chi connectivity index (χ3v) is 7.73. The number of anilines is 1. The van der Waals surface area contributed by atoms with Crippen LogP contribution in [-0.4, -0.2) is 41.1 Å². The fraction of sp³-hybridized carbons (Fsp3) is 0.375. The zero-order valence-corrected chi connectivity index (χ0v) is 18.3. The van der Waals surface area contributed by atoms with E-state index in [-0.39, 0.29) is 18.4 Å². The zero-order valence-electron chi connectivity index (χ0n) is 17.5. The van der Waals surface area contributed by atoms with Crippen LogP contribution in [0.2, 0.25) is 0 Å². The Morgan fingerprint density at radius 2 is 1.94 bits per heavy atom. The average Bonchev–Trinajstić information content (AvgIpc) is 2.90. The van der Waals surface area contributed by atoms with Gasteiger partial charge in [-0.15, -0.1) is 11.8 Å². The molecule has 0 aromatic heterocycles. The molecule has 7 heteroatoms. The molecule has 4 amide bonds. The van der Waals surface area contributed by atoms with Gasteiger partial charge in [-0.05, 0) is 48.9 Å². The van der Waals surface area contributed by atoms with E-state index in [1.807, 2.05) is 48.5 Å². The van der Waals surface area contributed by atoms with Crippen molar-refractivity contribution in [3.8, 4) is 0 Å². The highest BCUT2D eigenvalue weighted by atomic mass is 32.2. The van der Waals surface area contributed by atoms with Crippen LogP contribution >= 0.6 is 11.8 Å². The van der Waals surface area contributed by atoms with Gasteiger partial charge in [-0.1, -0.05) is 43.3 Å². The van der Waals surface area contributed by atoms with E-state index in [1.165, 1.54) is 0 Å². The number of urea groups is 1. The SMILES string of the molecule is C[C@H]1CCN(C(=O)CN2C(=O)N[C@]3(CCCc4ccccc43)C2=O)c2ccccc2S1. The lowest BCUT2D eigenvalue weighted by Gasteiger charge is -2.33. The summed E-state index contributed by atoms with van der Waals surface area (Å²) < 4.78 is 0. The molecule has 1 aliphatic carbocycles. The standard InChI is InChI=1S/C24H25N3O3S/c1-16-12-14-26(19-10-4-5-11-20(19)31-16)21(28)15-27-22(29)24(25-23(27)30)13-6-8-17-7-2-3-9-18(17)24/h2-5,7,9-11,16H,6,8,12-15H2,1H3,(H,25,30)/t16-,24-/m0/s1. The molecule has 2 atom stereocenters. The molecule has 0 radical (unpaired) electrons. The Morgan fingerprint density at radius 3 is 2.81 bits per heavy atom. The van der Waals surface area contributed by atoms with Gasteiger partial charge in [0, 0.05) is 16.7 Å². The summed E-state index contributed by atoms with van der Waals surface area (Å²) in [7, 11) is 0. The minimum Gasteiger partial charge on any atom is -0.319 e. The normalized spacial score (nSPS) is 25.1. The van der Waals surface area contributed by atoms with Gasteiger partial charge in [-0.2, -0.15) is 0 Å². The maximum atomic E-state index is 13.5. The number of thioether (sulfide) groups is 1. The topological polar surface area (TPSA) is 69.7 Å². The van der Waals surface area contributed by atoms with Gasteiger partial charge in [0.2, 0.25) is 5.91 Å². The second-order valence-electron chi connectivity index (χ2n) is 8.47. The number of benzene rings is 2. The Bertz CT molecular complexity index is 1070. The number of carbonyl (C=O) groups is 3. The first-order valence-corrected chi connectivity index (χ1v) is 11.7. The number of hydrogen-bond acceptors (Lipinski definition) is 4. The van der Waals surface area contributed by atoms with Gasteiger partial charge in [0.05, 0.1) is 5.69 Å². The lowest BCUT2D eigenvalue weighted by Crippen LogP contribution is -2.47. The molecule has 0 bridgehead atoms.